The molecule has 0 spiro atoms. The summed E-state index contributed by atoms with van der Waals surface area (Å²) in [5.41, 5.74) is 5.97. The molecule has 0 aromatic rings. The van der Waals surface area contributed by atoms with Crippen molar-refractivity contribution in [2.75, 3.05) is 6.54 Å². The van der Waals surface area contributed by atoms with E-state index in [-0.39, 0.29) is 17.6 Å². The van der Waals surface area contributed by atoms with E-state index in [2.05, 4.69) is 19.2 Å². The van der Waals surface area contributed by atoms with Crippen molar-refractivity contribution < 1.29 is 9.53 Å². The van der Waals surface area contributed by atoms with Crippen LogP contribution in [0.3, 0.4) is 0 Å². The van der Waals surface area contributed by atoms with Crippen molar-refractivity contribution in [2.24, 2.45) is 11.1 Å². The van der Waals surface area contributed by atoms with Gasteiger partial charge in [-0.25, -0.2) is 0 Å². The highest BCUT2D eigenvalue weighted by Gasteiger charge is 2.40. The number of carbonyl (C=O) groups excluding carboxylic acids is 1. The lowest BCUT2D eigenvalue weighted by Gasteiger charge is -2.43. The average molecular weight is 270 g/mol. The number of hydrogen-bond acceptors (Lipinski definition) is 3. The first-order valence-electron chi connectivity index (χ1n) is 7.38. The van der Waals surface area contributed by atoms with Crippen LogP contribution >= 0.6 is 0 Å². The maximum absolute atomic E-state index is 11.9. The van der Waals surface area contributed by atoms with Crippen molar-refractivity contribution in [1.29, 1.82) is 0 Å². The third-order valence-electron chi connectivity index (χ3n) is 4.11. The number of ether oxygens (including phenoxy) is 1. The summed E-state index contributed by atoms with van der Waals surface area (Å²) >= 11 is 0. The minimum absolute atomic E-state index is 0.0485. The largest absolute Gasteiger partial charge is 0.361 e. The molecule has 1 unspecified atom stereocenters. The van der Waals surface area contributed by atoms with E-state index in [1.165, 1.54) is 0 Å². The third-order valence-corrected chi connectivity index (χ3v) is 4.11. The predicted octanol–water partition coefficient (Wildman–Crippen LogP) is 2.21. The lowest BCUT2D eigenvalue weighted by molar-refractivity contribution is -0.152. The van der Waals surface area contributed by atoms with Crippen LogP contribution in [0, 0.1) is 5.41 Å². The van der Waals surface area contributed by atoms with Crippen LogP contribution in [0.2, 0.25) is 0 Å². The summed E-state index contributed by atoms with van der Waals surface area (Å²) in [4.78, 5) is 11.9. The Balaban J connectivity index is 2.59. The van der Waals surface area contributed by atoms with Crippen LogP contribution in [0.15, 0.2) is 0 Å². The Bertz CT molecular complexity index is 303. The Morgan fingerprint density at radius 1 is 1.21 bits per heavy atom. The zero-order valence-electron chi connectivity index (χ0n) is 13.1. The second kappa shape index (κ2) is 6.23. The first-order valence-corrected chi connectivity index (χ1v) is 7.38. The lowest BCUT2D eigenvalue weighted by Crippen LogP contribution is -2.50. The molecule has 4 heteroatoms. The molecule has 1 aliphatic carbocycles. The Hall–Kier alpha value is -0.610. The summed E-state index contributed by atoms with van der Waals surface area (Å²) in [6.45, 7) is 10.8. The highest BCUT2D eigenvalue weighted by atomic mass is 16.5. The lowest BCUT2D eigenvalue weighted by atomic mass is 9.71. The van der Waals surface area contributed by atoms with Gasteiger partial charge in [0.25, 0.3) is 0 Å². The molecule has 3 N–H and O–H groups in total. The van der Waals surface area contributed by atoms with Crippen LogP contribution in [0.4, 0.5) is 0 Å². The van der Waals surface area contributed by atoms with Crippen molar-refractivity contribution in [3.8, 4) is 0 Å². The van der Waals surface area contributed by atoms with E-state index in [1.807, 2.05) is 20.8 Å². The molecule has 1 atom stereocenters. The molecular formula is C15H30N2O2. The highest BCUT2D eigenvalue weighted by Crippen LogP contribution is 2.42. The van der Waals surface area contributed by atoms with Gasteiger partial charge in [-0.1, -0.05) is 13.8 Å². The summed E-state index contributed by atoms with van der Waals surface area (Å²) in [6, 6.07) is 0.137. The number of rotatable bonds is 5. The van der Waals surface area contributed by atoms with Crippen LogP contribution in [-0.4, -0.2) is 30.2 Å². The van der Waals surface area contributed by atoms with Gasteiger partial charge in [-0.2, -0.15) is 0 Å². The van der Waals surface area contributed by atoms with Crippen molar-refractivity contribution in [3.05, 3.63) is 0 Å². The second-order valence-corrected chi connectivity index (χ2v) is 6.97. The number of hydrogen-bond donors (Lipinski definition) is 2. The monoisotopic (exact) mass is 270 g/mol. The molecule has 0 saturated heterocycles. The molecule has 0 aromatic carbocycles. The highest BCUT2D eigenvalue weighted by molar-refractivity contribution is 5.80. The van der Waals surface area contributed by atoms with Crippen LogP contribution in [0.1, 0.15) is 60.3 Å². The minimum Gasteiger partial charge on any atom is -0.361 e. The van der Waals surface area contributed by atoms with Crippen LogP contribution in [-0.2, 0) is 9.53 Å². The van der Waals surface area contributed by atoms with E-state index >= 15 is 0 Å². The fourth-order valence-electron chi connectivity index (χ4n) is 2.58. The summed E-state index contributed by atoms with van der Waals surface area (Å²) in [7, 11) is 0. The van der Waals surface area contributed by atoms with E-state index in [1.54, 1.807) is 0 Å². The number of amides is 1. The quantitative estimate of drug-likeness (QED) is 0.805. The zero-order valence-corrected chi connectivity index (χ0v) is 13.1. The average Bonchev–Trinajstić information content (AvgIpc) is 2.31. The Labute approximate surface area is 117 Å². The van der Waals surface area contributed by atoms with Crippen molar-refractivity contribution in [2.45, 2.75) is 78.0 Å². The maximum atomic E-state index is 11.9. The minimum atomic E-state index is -0.438. The maximum Gasteiger partial charge on any atom is 0.249 e. The fourth-order valence-corrected chi connectivity index (χ4v) is 2.58. The van der Waals surface area contributed by atoms with Gasteiger partial charge in [0.2, 0.25) is 5.91 Å². The first kappa shape index (κ1) is 16.4. The van der Waals surface area contributed by atoms with E-state index in [0.717, 1.165) is 25.7 Å². The summed E-state index contributed by atoms with van der Waals surface area (Å²) in [5.74, 6) is -0.0485. The van der Waals surface area contributed by atoms with Gasteiger partial charge in [-0.05, 0) is 51.9 Å². The van der Waals surface area contributed by atoms with E-state index in [9.17, 15) is 4.79 Å². The van der Waals surface area contributed by atoms with Gasteiger partial charge in [-0.15, -0.1) is 0 Å². The second-order valence-electron chi connectivity index (χ2n) is 6.97. The smallest absolute Gasteiger partial charge is 0.249 e. The van der Waals surface area contributed by atoms with Gasteiger partial charge in [0.15, 0.2) is 0 Å². The summed E-state index contributed by atoms with van der Waals surface area (Å²) in [5, 5.41) is 2.88. The van der Waals surface area contributed by atoms with Gasteiger partial charge in [0.05, 0.1) is 5.60 Å². The molecular weight excluding hydrogens is 240 g/mol. The van der Waals surface area contributed by atoms with Gasteiger partial charge in [0.1, 0.15) is 6.10 Å². The first-order chi connectivity index (χ1) is 8.70. The molecule has 112 valence electrons. The standard InChI is InChI=1S/C15H30N2O2/c1-11(2)17-13(18)12(3)19-15(10-16)8-6-14(4,5)7-9-15/h11-12H,6-10,16H2,1-5H3,(H,17,18). The van der Waals surface area contributed by atoms with Gasteiger partial charge >= 0.3 is 0 Å². The van der Waals surface area contributed by atoms with Crippen LogP contribution < -0.4 is 11.1 Å². The van der Waals surface area contributed by atoms with E-state index < -0.39 is 6.10 Å². The molecule has 1 fully saturated rings. The van der Waals surface area contributed by atoms with Crippen molar-refractivity contribution in [3.63, 3.8) is 0 Å². The molecule has 4 nitrogen and oxygen atoms in total. The van der Waals surface area contributed by atoms with Crippen LogP contribution in [0.25, 0.3) is 0 Å². The topological polar surface area (TPSA) is 64.3 Å². The number of nitrogens with one attached hydrogen (secondary N) is 1. The van der Waals surface area contributed by atoms with Gasteiger partial charge in [0, 0.05) is 12.6 Å². The molecule has 0 aliphatic heterocycles. The van der Waals surface area contributed by atoms with E-state index in [0.29, 0.717) is 12.0 Å². The Morgan fingerprint density at radius 2 is 1.74 bits per heavy atom. The molecule has 1 amide bonds. The SMILES string of the molecule is CC(C)NC(=O)C(C)OC1(CN)CCC(C)(C)CC1. The molecule has 1 saturated carbocycles. The van der Waals surface area contributed by atoms with E-state index in [4.69, 9.17) is 10.5 Å². The van der Waals surface area contributed by atoms with Crippen molar-refractivity contribution in [1.82, 2.24) is 5.32 Å². The Morgan fingerprint density at radius 3 is 2.16 bits per heavy atom. The number of nitrogens with two attached hydrogens (primary N) is 1. The number of carbonyl (C=O) groups is 1. The summed E-state index contributed by atoms with van der Waals surface area (Å²) < 4.78 is 6.05. The Kier molecular flexibility index (Phi) is 5.39. The third kappa shape index (κ3) is 4.77. The molecule has 0 bridgehead atoms. The van der Waals surface area contributed by atoms with Gasteiger partial charge < -0.3 is 15.8 Å². The summed E-state index contributed by atoms with van der Waals surface area (Å²) in [6.07, 6.45) is 3.64. The van der Waals surface area contributed by atoms with Crippen molar-refractivity contribution >= 4 is 5.91 Å². The normalized spacial score (nSPS) is 23.1. The molecule has 1 aliphatic rings. The molecule has 0 heterocycles. The molecule has 0 radical (unpaired) electrons. The predicted molar refractivity (Wildman–Crippen MR) is 77.9 cm³/mol. The fraction of sp³-hybridized carbons (Fsp3) is 0.933. The molecule has 1 rings (SSSR count). The van der Waals surface area contributed by atoms with Crippen LogP contribution in [0.5, 0.6) is 0 Å². The zero-order chi connectivity index (χ0) is 14.7. The molecule has 0 aromatic heterocycles. The van der Waals surface area contributed by atoms with Gasteiger partial charge in [-0.3, -0.25) is 4.79 Å². The molecule has 19 heavy (non-hydrogen) atoms.